The number of amides is 1. The van der Waals surface area contributed by atoms with Crippen LogP contribution in [0.5, 0.6) is 0 Å². The van der Waals surface area contributed by atoms with Gasteiger partial charge in [0.25, 0.3) is 5.91 Å². The van der Waals surface area contributed by atoms with Crippen molar-refractivity contribution in [2.24, 2.45) is 0 Å². The summed E-state index contributed by atoms with van der Waals surface area (Å²) in [4.78, 5) is 16.5. The molecule has 1 aromatic carbocycles. The molecule has 30 heavy (non-hydrogen) atoms. The Bertz CT molecular complexity index is 806. The molecule has 3 N–H and O–H groups in total. The number of carbonyl (C=O) groups excluding carboxylic acids is 1. The van der Waals surface area contributed by atoms with E-state index in [9.17, 15) is 9.90 Å². The summed E-state index contributed by atoms with van der Waals surface area (Å²) in [5.74, 6) is -0.0469. The number of rotatable bonds is 7. The summed E-state index contributed by atoms with van der Waals surface area (Å²) in [5, 5.41) is 17.1. The van der Waals surface area contributed by atoms with E-state index in [1.807, 2.05) is 36.4 Å². The molecule has 0 bridgehead atoms. The van der Waals surface area contributed by atoms with E-state index in [1.54, 1.807) is 12.4 Å². The minimum atomic E-state index is -0.539. The number of aliphatic hydroxyl groups is 1. The van der Waals surface area contributed by atoms with Crippen molar-refractivity contribution in [1.29, 1.82) is 0 Å². The summed E-state index contributed by atoms with van der Waals surface area (Å²) in [5.41, 5.74) is 2.72. The quantitative estimate of drug-likeness (QED) is 0.655. The lowest BCUT2D eigenvalue weighted by atomic mass is 10.0. The van der Waals surface area contributed by atoms with E-state index in [0.29, 0.717) is 18.2 Å². The van der Waals surface area contributed by atoms with Gasteiger partial charge in [0, 0.05) is 48.8 Å². The third kappa shape index (κ3) is 5.45. The van der Waals surface area contributed by atoms with Crippen molar-refractivity contribution in [1.82, 2.24) is 15.6 Å². The van der Waals surface area contributed by atoms with Crippen molar-refractivity contribution in [2.75, 3.05) is 13.2 Å². The first-order chi connectivity index (χ1) is 14.7. The summed E-state index contributed by atoms with van der Waals surface area (Å²) in [6.45, 7) is 1.37. The van der Waals surface area contributed by atoms with E-state index >= 15 is 0 Å². The number of hydrogen-bond donors (Lipinski definition) is 3. The van der Waals surface area contributed by atoms with Crippen molar-refractivity contribution in [3.63, 3.8) is 0 Å². The minimum absolute atomic E-state index is 0.0469. The van der Waals surface area contributed by atoms with Crippen LogP contribution in [-0.4, -0.2) is 47.3 Å². The van der Waals surface area contributed by atoms with Crippen molar-refractivity contribution in [2.45, 2.75) is 62.8 Å². The first-order valence-electron chi connectivity index (χ1n) is 11.0. The lowest BCUT2D eigenvalue weighted by Crippen LogP contribution is -2.35. The summed E-state index contributed by atoms with van der Waals surface area (Å²) < 4.78 is 5.67. The summed E-state index contributed by atoms with van der Waals surface area (Å²) in [6.07, 6.45) is 9.19. The molecule has 1 aromatic heterocycles. The van der Waals surface area contributed by atoms with Gasteiger partial charge in [0.1, 0.15) is 0 Å². The molecule has 160 valence electrons. The number of pyridine rings is 1. The number of aliphatic hydroxyl groups excluding tert-OH is 1. The Labute approximate surface area is 178 Å². The summed E-state index contributed by atoms with van der Waals surface area (Å²) >= 11 is 0. The Morgan fingerprint density at radius 1 is 1.20 bits per heavy atom. The Balaban J connectivity index is 1.25. The minimum Gasteiger partial charge on any atom is -0.387 e. The number of carbonyl (C=O) groups is 1. The number of hydrogen-bond acceptors (Lipinski definition) is 5. The smallest absolute Gasteiger partial charge is 0.251 e. The summed E-state index contributed by atoms with van der Waals surface area (Å²) in [6, 6.07) is 12.0. The second-order valence-electron chi connectivity index (χ2n) is 8.38. The maximum absolute atomic E-state index is 12.4. The van der Waals surface area contributed by atoms with E-state index in [-0.39, 0.29) is 18.1 Å². The van der Waals surface area contributed by atoms with Gasteiger partial charge in [-0.05, 0) is 62.3 Å². The molecule has 2 saturated heterocycles. The van der Waals surface area contributed by atoms with E-state index in [2.05, 4.69) is 15.6 Å². The molecule has 1 amide bonds. The van der Waals surface area contributed by atoms with Crippen molar-refractivity contribution < 1.29 is 14.6 Å². The first kappa shape index (κ1) is 21.0. The topological polar surface area (TPSA) is 83.5 Å². The third-order valence-electron chi connectivity index (χ3n) is 6.15. The Morgan fingerprint density at radius 3 is 2.80 bits per heavy atom. The largest absolute Gasteiger partial charge is 0.387 e. The highest BCUT2D eigenvalue weighted by molar-refractivity contribution is 5.94. The van der Waals surface area contributed by atoms with Crippen LogP contribution in [0.15, 0.2) is 48.8 Å². The number of ether oxygens (including phenoxy) is 1. The van der Waals surface area contributed by atoms with Crippen LogP contribution in [0.1, 0.15) is 59.7 Å². The van der Waals surface area contributed by atoms with Gasteiger partial charge in [0.2, 0.25) is 0 Å². The molecule has 2 fully saturated rings. The van der Waals surface area contributed by atoms with Crippen molar-refractivity contribution in [3.8, 4) is 0 Å². The molecule has 0 spiro atoms. The van der Waals surface area contributed by atoms with Gasteiger partial charge in [-0.25, -0.2) is 0 Å². The fourth-order valence-electron chi connectivity index (χ4n) is 4.40. The second kappa shape index (κ2) is 10.2. The van der Waals surface area contributed by atoms with Gasteiger partial charge in [-0.15, -0.1) is 0 Å². The van der Waals surface area contributed by atoms with Gasteiger partial charge < -0.3 is 20.5 Å². The average molecular weight is 410 g/mol. The molecule has 6 heteroatoms. The van der Waals surface area contributed by atoms with E-state index < -0.39 is 6.10 Å². The fraction of sp³-hybridized carbons (Fsp3) is 0.500. The highest BCUT2D eigenvalue weighted by Gasteiger charge is 2.30. The van der Waals surface area contributed by atoms with Crippen LogP contribution < -0.4 is 10.6 Å². The fourth-order valence-corrected chi connectivity index (χ4v) is 4.40. The maximum Gasteiger partial charge on any atom is 0.251 e. The van der Waals surface area contributed by atoms with Gasteiger partial charge in [-0.2, -0.15) is 0 Å². The molecular formula is C24H31N3O3. The van der Waals surface area contributed by atoms with Crippen molar-refractivity contribution in [3.05, 3.63) is 65.5 Å². The lowest BCUT2D eigenvalue weighted by molar-refractivity contribution is 0.0169. The molecule has 0 aliphatic carbocycles. The molecule has 6 nitrogen and oxygen atoms in total. The summed E-state index contributed by atoms with van der Waals surface area (Å²) in [7, 11) is 0. The molecule has 4 rings (SSSR count). The number of aromatic nitrogens is 1. The zero-order chi connectivity index (χ0) is 20.8. The maximum atomic E-state index is 12.4. The van der Waals surface area contributed by atoms with Crippen LogP contribution in [0.4, 0.5) is 0 Å². The number of nitrogens with zero attached hydrogens (tertiary/aromatic N) is 1. The van der Waals surface area contributed by atoms with Crippen molar-refractivity contribution >= 4 is 5.91 Å². The molecule has 2 aliphatic rings. The molecule has 3 heterocycles. The normalized spacial score (nSPS) is 25.0. The molecule has 2 aliphatic heterocycles. The van der Waals surface area contributed by atoms with Crippen LogP contribution in [0.3, 0.4) is 0 Å². The Morgan fingerprint density at radius 2 is 2.07 bits per heavy atom. The standard InChI is InChI=1S/C24H31N3O3/c28-23(19-4-3-12-25-15-19)22-11-10-20(27-22)14-17-6-8-18(9-7-17)24(29)26-16-21-5-1-2-13-30-21/h3-4,6-9,12,15,20-23,27-28H,1-2,5,10-11,13-14,16H2,(H,26,29)/t20-,21?,22+,23+/m0/s1. The molecular weight excluding hydrogens is 378 g/mol. The number of benzene rings is 1. The van der Waals surface area contributed by atoms with Crippen LogP contribution >= 0.6 is 0 Å². The highest BCUT2D eigenvalue weighted by atomic mass is 16.5. The van der Waals surface area contributed by atoms with E-state index in [4.69, 9.17) is 4.74 Å². The number of nitrogens with one attached hydrogen (secondary N) is 2. The van der Waals surface area contributed by atoms with E-state index in [1.165, 1.54) is 12.0 Å². The molecule has 4 atom stereocenters. The predicted molar refractivity (Wildman–Crippen MR) is 115 cm³/mol. The van der Waals surface area contributed by atoms with E-state index in [0.717, 1.165) is 44.3 Å². The Hall–Kier alpha value is -2.28. The average Bonchev–Trinajstić information content (AvgIpc) is 3.27. The third-order valence-corrected chi connectivity index (χ3v) is 6.15. The zero-order valence-electron chi connectivity index (χ0n) is 17.3. The Kier molecular flexibility index (Phi) is 7.10. The van der Waals surface area contributed by atoms with Gasteiger partial charge in [0.05, 0.1) is 12.2 Å². The van der Waals surface area contributed by atoms with Crippen LogP contribution in [0, 0.1) is 0 Å². The molecule has 2 aromatic rings. The van der Waals surface area contributed by atoms with Gasteiger partial charge in [0.15, 0.2) is 0 Å². The molecule has 0 saturated carbocycles. The van der Waals surface area contributed by atoms with Crippen LogP contribution in [0.2, 0.25) is 0 Å². The van der Waals surface area contributed by atoms with Crippen LogP contribution in [0.25, 0.3) is 0 Å². The second-order valence-corrected chi connectivity index (χ2v) is 8.38. The predicted octanol–water partition coefficient (Wildman–Crippen LogP) is 2.78. The highest BCUT2D eigenvalue weighted by Crippen LogP contribution is 2.26. The van der Waals surface area contributed by atoms with Gasteiger partial charge in [-0.3, -0.25) is 9.78 Å². The van der Waals surface area contributed by atoms with Gasteiger partial charge >= 0.3 is 0 Å². The molecule has 0 radical (unpaired) electrons. The molecule has 1 unspecified atom stereocenters. The SMILES string of the molecule is O=C(NCC1CCCCO1)c1ccc(C[C@@H]2CC[C@H]([C@H](O)c3cccnc3)N2)cc1. The lowest BCUT2D eigenvalue weighted by Gasteiger charge is -2.22. The van der Waals surface area contributed by atoms with Crippen LogP contribution in [-0.2, 0) is 11.2 Å². The van der Waals surface area contributed by atoms with Gasteiger partial charge in [-0.1, -0.05) is 18.2 Å². The first-order valence-corrected chi connectivity index (χ1v) is 11.0. The monoisotopic (exact) mass is 409 g/mol. The zero-order valence-corrected chi connectivity index (χ0v) is 17.3.